The fraction of sp³-hybridized carbons (Fsp3) is 0.368. The fourth-order valence-electron chi connectivity index (χ4n) is 2.75. The van der Waals surface area contributed by atoms with E-state index in [2.05, 4.69) is 88.4 Å². The largest absolute Gasteiger partial charge is 0.377 e. The van der Waals surface area contributed by atoms with Crippen LogP contribution >= 0.6 is 0 Å². The Labute approximate surface area is 128 Å². The zero-order valence-corrected chi connectivity index (χ0v) is 14.0. The normalized spacial score (nSPS) is 12.1. The Hall–Kier alpha value is -1.96. The van der Waals surface area contributed by atoms with Gasteiger partial charge in [-0.2, -0.15) is 0 Å². The van der Waals surface area contributed by atoms with Crippen LogP contribution in [0.3, 0.4) is 0 Å². The SMILES string of the molecule is Cc1cc(C)c(C(C)Nc2ccccc2N(C)C)cc1C. The Bertz CT molecular complexity index is 629. The fourth-order valence-corrected chi connectivity index (χ4v) is 2.75. The molecule has 0 aromatic heterocycles. The van der Waals surface area contributed by atoms with Crippen LogP contribution in [0.5, 0.6) is 0 Å². The summed E-state index contributed by atoms with van der Waals surface area (Å²) in [4.78, 5) is 2.14. The van der Waals surface area contributed by atoms with E-state index in [9.17, 15) is 0 Å². The molecule has 0 spiro atoms. The third-order valence-corrected chi connectivity index (χ3v) is 4.11. The van der Waals surface area contributed by atoms with Crippen molar-refractivity contribution >= 4 is 11.4 Å². The molecule has 0 radical (unpaired) electrons. The molecule has 2 heteroatoms. The molecule has 0 aliphatic rings. The Morgan fingerprint density at radius 1 is 0.905 bits per heavy atom. The van der Waals surface area contributed by atoms with Gasteiger partial charge in [0.15, 0.2) is 0 Å². The quantitative estimate of drug-likeness (QED) is 0.862. The Morgan fingerprint density at radius 2 is 1.52 bits per heavy atom. The van der Waals surface area contributed by atoms with E-state index in [0.29, 0.717) is 0 Å². The molecule has 0 amide bonds. The van der Waals surface area contributed by atoms with Gasteiger partial charge in [0.1, 0.15) is 0 Å². The maximum atomic E-state index is 3.65. The molecule has 0 bridgehead atoms. The molecule has 2 nitrogen and oxygen atoms in total. The van der Waals surface area contributed by atoms with Gasteiger partial charge in [-0.3, -0.25) is 0 Å². The number of hydrogen-bond acceptors (Lipinski definition) is 2. The summed E-state index contributed by atoms with van der Waals surface area (Å²) in [5.74, 6) is 0. The molecule has 0 heterocycles. The van der Waals surface area contributed by atoms with Crippen LogP contribution in [0, 0.1) is 20.8 Å². The second kappa shape index (κ2) is 6.21. The first kappa shape index (κ1) is 15.4. The van der Waals surface area contributed by atoms with Crippen LogP contribution < -0.4 is 10.2 Å². The van der Waals surface area contributed by atoms with Gasteiger partial charge in [0.2, 0.25) is 0 Å². The highest BCUT2D eigenvalue weighted by atomic mass is 15.1. The summed E-state index contributed by atoms with van der Waals surface area (Å²) >= 11 is 0. The predicted molar refractivity (Wildman–Crippen MR) is 93.5 cm³/mol. The van der Waals surface area contributed by atoms with Crippen LogP contribution in [0.1, 0.15) is 35.2 Å². The maximum Gasteiger partial charge on any atom is 0.0596 e. The number of benzene rings is 2. The number of rotatable bonds is 4. The Morgan fingerprint density at radius 3 is 2.19 bits per heavy atom. The molecule has 2 aromatic carbocycles. The number of hydrogen-bond donors (Lipinski definition) is 1. The number of para-hydroxylation sites is 2. The molecule has 0 saturated heterocycles. The van der Waals surface area contributed by atoms with Crippen LogP contribution in [-0.2, 0) is 0 Å². The van der Waals surface area contributed by atoms with E-state index in [-0.39, 0.29) is 6.04 Å². The summed E-state index contributed by atoms with van der Waals surface area (Å²) in [7, 11) is 4.15. The molecule has 1 atom stereocenters. The van der Waals surface area contributed by atoms with Gasteiger partial charge in [0.25, 0.3) is 0 Å². The zero-order chi connectivity index (χ0) is 15.6. The molecule has 1 N–H and O–H groups in total. The number of nitrogens with zero attached hydrogens (tertiary/aromatic N) is 1. The molecule has 0 aliphatic heterocycles. The molecule has 2 aromatic rings. The first-order valence-electron chi connectivity index (χ1n) is 7.50. The molecular weight excluding hydrogens is 256 g/mol. The van der Waals surface area contributed by atoms with Gasteiger partial charge >= 0.3 is 0 Å². The molecule has 1 unspecified atom stereocenters. The summed E-state index contributed by atoms with van der Waals surface area (Å²) in [6.45, 7) is 8.77. The van der Waals surface area contributed by atoms with E-state index in [1.807, 2.05) is 0 Å². The van der Waals surface area contributed by atoms with Gasteiger partial charge in [0, 0.05) is 20.1 Å². The van der Waals surface area contributed by atoms with E-state index < -0.39 is 0 Å². The second-order valence-corrected chi connectivity index (χ2v) is 6.07. The number of nitrogens with one attached hydrogen (secondary N) is 1. The van der Waals surface area contributed by atoms with Crippen LogP contribution in [0.15, 0.2) is 36.4 Å². The van der Waals surface area contributed by atoms with E-state index in [4.69, 9.17) is 0 Å². The Kier molecular flexibility index (Phi) is 4.56. The lowest BCUT2D eigenvalue weighted by molar-refractivity contribution is 0.869. The van der Waals surface area contributed by atoms with Crippen molar-refractivity contribution in [3.05, 3.63) is 58.7 Å². The minimum absolute atomic E-state index is 0.283. The van der Waals surface area contributed by atoms with Crippen LogP contribution in [0.2, 0.25) is 0 Å². The highest BCUT2D eigenvalue weighted by Gasteiger charge is 2.12. The van der Waals surface area contributed by atoms with E-state index >= 15 is 0 Å². The third kappa shape index (κ3) is 3.38. The molecule has 0 fully saturated rings. The van der Waals surface area contributed by atoms with Gasteiger partial charge in [-0.25, -0.2) is 0 Å². The summed E-state index contributed by atoms with van der Waals surface area (Å²) in [6.07, 6.45) is 0. The summed E-state index contributed by atoms with van der Waals surface area (Å²) < 4.78 is 0. The standard InChI is InChI=1S/C19H26N2/c1-13-11-15(3)17(12-14(13)2)16(4)20-18-9-7-8-10-19(18)21(5)6/h7-12,16,20H,1-6H3. The average Bonchev–Trinajstić information content (AvgIpc) is 2.43. The lowest BCUT2D eigenvalue weighted by Gasteiger charge is -2.23. The lowest BCUT2D eigenvalue weighted by Crippen LogP contribution is -2.14. The second-order valence-electron chi connectivity index (χ2n) is 6.07. The number of aryl methyl sites for hydroxylation is 3. The van der Waals surface area contributed by atoms with Crippen molar-refractivity contribution in [3.8, 4) is 0 Å². The molecule has 2 rings (SSSR count). The van der Waals surface area contributed by atoms with Gasteiger partial charge in [-0.15, -0.1) is 0 Å². The molecule has 21 heavy (non-hydrogen) atoms. The minimum Gasteiger partial charge on any atom is -0.377 e. The average molecular weight is 282 g/mol. The molecular formula is C19H26N2. The highest BCUT2D eigenvalue weighted by Crippen LogP contribution is 2.29. The van der Waals surface area contributed by atoms with Crippen molar-refractivity contribution in [2.24, 2.45) is 0 Å². The first-order chi connectivity index (χ1) is 9.90. The minimum atomic E-state index is 0.283. The smallest absolute Gasteiger partial charge is 0.0596 e. The number of anilines is 2. The summed E-state index contributed by atoms with van der Waals surface area (Å²) in [6, 6.07) is 13.3. The van der Waals surface area contributed by atoms with Crippen molar-refractivity contribution < 1.29 is 0 Å². The van der Waals surface area contributed by atoms with Crippen molar-refractivity contribution in [2.45, 2.75) is 33.7 Å². The topological polar surface area (TPSA) is 15.3 Å². The van der Waals surface area contributed by atoms with Crippen molar-refractivity contribution in [2.75, 3.05) is 24.3 Å². The first-order valence-corrected chi connectivity index (χ1v) is 7.50. The monoisotopic (exact) mass is 282 g/mol. The van der Waals surface area contributed by atoms with Gasteiger partial charge in [-0.1, -0.05) is 24.3 Å². The maximum absolute atomic E-state index is 3.65. The van der Waals surface area contributed by atoms with Crippen molar-refractivity contribution in [1.82, 2.24) is 0 Å². The van der Waals surface area contributed by atoms with Gasteiger partial charge < -0.3 is 10.2 Å². The molecule has 0 aliphatic carbocycles. The Balaban J connectivity index is 2.30. The van der Waals surface area contributed by atoms with Gasteiger partial charge in [-0.05, 0) is 62.1 Å². The lowest BCUT2D eigenvalue weighted by atomic mass is 9.96. The van der Waals surface area contributed by atoms with Crippen molar-refractivity contribution in [3.63, 3.8) is 0 Å². The van der Waals surface area contributed by atoms with Crippen LogP contribution in [0.25, 0.3) is 0 Å². The van der Waals surface area contributed by atoms with Crippen LogP contribution in [0.4, 0.5) is 11.4 Å². The van der Waals surface area contributed by atoms with E-state index in [1.165, 1.54) is 33.6 Å². The van der Waals surface area contributed by atoms with Gasteiger partial charge in [0.05, 0.1) is 11.4 Å². The summed E-state index contributed by atoms with van der Waals surface area (Å²) in [5, 5.41) is 3.65. The molecule has 0 saturated carbocycles. The zero-order valence-electron chi connectivity index (χ0n) is 14.0. The predicted octanol–water partition coefficient (Wildman–Crippen LogP) is 4.85. The molecule has 112 valence electrons. The third-order valence-electron chi connectivity index (χ3n) is 4.11. The van der Waals surface area contributed by atoms with E-state index in [1.54, 1.807) is 0 Å². The highest BCUT2D eigenvalue weighted by molar-refractivity contribution is 5.70. The van der Waals surface area contributed by atoms with E-state index in [0.717, 1.165) is 0 Å². The van der Waals surface area contributed by atoms with Crippen LogP contribution in [-0.4, -0.2) is 14.1 Å². The van der Waals surface area contributed by atoms with Crippen molar-refractivity contribution in [1.29, 1.82) is 0 Å². The summed E-state index contributed by atoms with van der Waals surface area (Å²) in [5.41, 5.74) is 7.81.